The quantitative estimate of drug-likeness (QED) is 0.896. The third-order valence-corrected chi connectivity index (χ3v) is 4.38. The highest BCUT2D eigenvalue weighted by molar-refractivity contribution is 5.97. The Hall–Kier alpha value is -2.39. The van der Waals surface area contributed by atoms with E-state index in [-0.39, 0.29) is 12.5 Å². The maximum atomic E-state index is 12.7. The minimum absolute atomic E-state index is 0.143. The Balaban J connectivity index is 2.24. The zero-order valence-electron chi connectivity index (χ0n) is 13.1. The van der Waals surface area contributed by atoms with Crippen LogP contribution in [0.25, 0.3) is 0 Å². The lowest BCUT2D eigenvalue weighted by Crippen LogP contribution is -2.50. The van der Waals surface area contributed by atoms with Gasteiger partial charge in [-0.1, -0.05) is 12.1 Å². The van der Waals surface area contributed by atoms with E-state index in [1.165, 1.54) is 7.11 Å². The molecule has 0 spiro atoms. The summed E-state index contributed by atoms with van der Waals surface area (Å²) in [6.45, 7) is 0.980. The summed E-state index contributed by atoms with van der Waals surface area (Å²) < 4.78 is 5.03. The Labute approximate surface area is 135 Å². The van der Waals surface area contributed by atoms with Gasteiger partial charge >= 0.3 is 5.97 Å². The van der Waals surface area contributed by atoms with E-state index in [1.54, 1.807) is 29.2 Å². The predicted molar refractivity (Wildman–Crippen MR) is 82.9 cm³/mol. The van der Waals surface area contributed by atoms with Crippen molar-refractivity contribution >= 4 is 11.9 Å². The van der Waals surface area contributed by atoms with Gasteiger partial charge in [-0.15, -0.1) is 0 Å². The van der Waals surface area contributed by atoms with Crippen LogP contribution in [0.3, 0.4) is 0 Å². The Bertz CT molecular complexity index is 638. The number of carbonyl (C=O) groups is 2. The van der Waals surface area contributed by atoms with Gasteiger partial charge < -0.3 is 14.7 Å². The fourth-order valence-corrected chi connectivity index (χ4v) is 3.03. The molecular weight excluding hydrogens is 296 g/mol. The van der Waals surface area contributed by atoms with Crippen molar-refractivity contribution in [1.29, 1.82) is 5.26 Å². The van der Waals surface area contributed by atoms with Crippen molar-refractivity contribution in [2.24, 2.45) is 5.41 Å². The molecule has 0 aromatic heterocycles. The van der Waals surface area contributed by atoms with E-state index in [2.05, 4.69) is 0 Å². The van der Waals surface area contributed by atoms with E-state index in [0.29, 0.717) is 43.5 Å². The number of likely N-dealkylation sites (tertiary alicyclic amines) is 1. The summed E-state index contributed by atoms with van der Waals surface area (Å²) in [5.74, 6) is -1.19. The highest BCUT2D eigenvalue weighted by atomic mass is 16.5. The molecule has 1 amide bonds. The van der Waals surface area contributed by atoms with Crippen LogP contribution in [0.5, 0.6) is 0 Å². The normalized spacial score (nSPS) is 20.8. The molecule has 0 aliphatic carbocycles. The second-order valence-corrected chi connectivity index (χ2v) is 5.82. The van der Waals surface area contributed by atoms with Gasteiger partial charge in [0.25, 0.3) is 5.91 Å². The topological polar surface area (TPSA) is 90.6 Å². The standard InChI is InChI=1S/C17H20N2O4/c1-23-10-8-17(16(21)22)7-4-9-19(12-17)15(20)14-6-3-2-5-13(14)11-18/h2-3,5-6H,4,7-10,12H2,1H3,(H,21,22). The second-order valence-electron chi connectivity index (χ2n) is 5.82. The minimum atomic E-state index is -0.981. The fraction of sp³-hybridized carbons (Fsp3) is 0.471. The van der Waals surface area contributed by atoms with Gasteiger partial charge in [0.1, 0.15) is 0 Å². The molecule has 6 nitrogen and oxygen atoms in total. The first-order valence-electron chi connectivity index (χ1n) is 7.55. The van der Waals surface area contributed by atoms with Crippen LogP contribution in [-0.2, 0) is 9.53 Å². The maximum Gasteiger partial charge on any atom is 0.311 e. The molecule has 2 rings (SSSR count). The molecule has 1 N–H and O–H groups in total. The lowest BCUT2D eigenvalue weighted by Gasteiger charge is -2.40. The Morgan fingerprint density at radius 2 is 2.17 bits per heavy atom. The number of carboxylic acid groups (broad SMARTS) is 1. The van der Waals surface area contributed by atoms with Crippen LogP contribution >= 0.6 is 0 Å². The van der Waals surface area contributed by atoms with Crippen molar-refractivity contribution < 1.29 is 19.4 Å². The molecular formula is C17H20N2O4. The monoisotopic (exact) mass is 316 g/mol. The molecule has 1 aliphatic heterocycles. The Kier molecular flexibility index (Phi) is 5.35. The summed E-state index contributed by atoms with van der Waals surface area (Å²) in [5, 5.41) is 18.8. The predicted octanol–water partition coefficient (Wildman–Crippen LogP) is 1.90. The van der Waals surface area contributed by atoms with E-state index in [4.69, 9.17) is 10.00 Å². The number of ether oxygens (including phenoxy) is 1. The highest BCUT2D eigenvalue weighted by Crippen LogP contribution is 2.34. The van der Waals surface area contributed by atoms with Crippen LogP contribution in [0.1, 0.15) is 35.2 Å². The van der Waals surface area contributed by atoms with E-state index < -0.39 is 11.4 Å². The lowest BCUT2D eigenvalue weighted by atomic mass is 9.77. The zero-order chi connectivity index (χ0) is 16.9. The molecule has 0 bridgehead atoms. The van der Waals surface area contributed by atoms with Gasteiger partial charge in [-0.05, 0) is 31.4 Å². The van der Waals surface area contributed by atoms with E-state index in [1.807, 2.05) is 6.07 Å². The number of hydrogen-bond acceptors (Lipinski definition) is 4. The minimum Gasteiger partial charge on any atom is -0.481 e. The first-order chi connectivity index (χ1) is 11.0. The van der Waals surface area contributed by atoms with Crippen molar-refractivity contribution in [3.8, 4) is 6.07 Å². The molecule has 23 heavy (non-hydrogen) atoms. The van der Waals surface area contributed by atoms with Crippen molar-refractivity contribution in [1.82, 2.24) is 4.90 Å². The number of hydrogen-bond donors (Lipinski definition) is 1. The number of benzene rings is 1. The van der Waals surface area contributed by atoms with Crippen LogP contribution in [0.2, 0.25) is 0 Å². The van der Waals surface area contributed by atoms with Gasteiger partial charge in [0, 0.05) is 26.8 Å². The summed E-state index contributed by atoms with van der Waals surface area (Å²) in [7, 11) is 1.53. The number of piperidine rings is 1. The molecule has 1 atom stereocenters. The molecule has 1 aliphatic rings. The summed E-state index contributed by atoms with van der Waals surface area (Å²) in [4.78, 5) is 26.0. The molecule has 1 aromatic carbocycles. The number of aliphatic carboxylic acids is 1. The van der Waals surface area contributed by atoms with Crippen LogP contribution < -0.4 is 0 Å². The summed E-state index contributed by atoms with van der Waals surface area (Å²) >= 11 is 0. The van der Waals surface area contributed by atoms with Gasteiger partial charge in [-0.3, -0.25) is 9.59 Å². The SMILES string of the molecule is COCCC1(C(=O)O)CCCN(C(=O)c2ccccc2C#N)C1. The fourth-order valence-electron chi connectivity index (χ4n) is 3.03. The number of nitriles is 1. The zero-order valence-corrected chi connectivity index (χ0v) is 13.1. The van der Waals surface area contributed by atoms with Crippen LogP contribution in [0.15, 0.2) is 24.3 Å². The summed E-state index contributed by atoms with van der Waals surface area (Å²) in [6, 6.07) is 8.61. The maximum absolute atomic E-state index is 12.7. The van der Waals surface area contributed by atoms with Crippen molar-refractivity contribution in [3.05, 3.63) is 35.4 Å². The Morgan fingerprint density at radius 1 is 1.43 bits per heavy atom. The molecule has 1 unspecified atom stereocenters. The first kappa shape index (κ1) is 17.0. The van der Waals surface area contributed by atoms with Crippen LogP contribution in [0.4, 0.5) is 0 Å². The van der Waals surface area contributed by atoms with Crippen LogP contribution in [0, 0.1) is 16.7 Å². The number of carboxylic acids is 1. The van der Waals surface area contributed by atoms with Gasteiger partial charge in [0.05, 0.1) is 22.6 Å². The summed E-state index contributed by atoms with van der Waals surface area (Å²) in [6.07, 6.45) is 1.51. The molecule has 122 valence electrons. The largest absolute Gasteiger partial charge is 0.481 e. The van der Waals surface area contributed by atoms with Gasteiger partial charge in [-0.2, -0.15) is 5.26 Å². The average molecular weight is 316 g/mol. The molecule has 1 fully saturated rings. The molecule has 1 heterocycles. The van der Waals surface area contributed by atoms with E-state index in [9.17, 15) is 14.7 Å². The number of amides is 1. The third kappa shape index (κ3) is 3.51. The second kappa shape index (κ2) is 7.25. The molecule has 0 radical (unpaired) electrons. The number of rotatable bonds is 5. The smallest absolute Gasteiger partial charge is 0.311 e. The van der Waals surface area contributed by atoms with Crippen molar-refractivity contribution in [2.45, 2.75) is 19.3 Å². The number of methoxy groups -OCH3 is 1. The molecule has 1 saturated heterocycles. The van der Waals surface area contributed by atoms with Crippen molar-refractivity contribution in [3.63, 3.8) is 0 Å². The van der Waals surface area contributed by atoms with Crippen molar-refractivity contribution in [2.75, 3.05) is 26.8 Å². The van der Waals surface area contributed by atoms with Gasteiger partial charge in [-0.25, -0.2) is 0 Å². The number of carbonyl (C=O) groups excluding carboxylic acids is 1. The Morgan fingerprint density at radius 3 is 2.83 bits per heavy atom. The summed E-state index contributed by atoms with van der Waals surface area (Å²) in [5.41, 5.74) is -0.352. The van der Waals surface area contributed by atoms with E-state index >= 15 is 0 Å². The molecule has 1 aromatic rings. The molecule has 0 saturated carbocycles. The van der Waals surface area contributed by atoms with E-state index in [0.717, 1.165) is 0 Å². The third-order valence-electron chi connectivity index (χ3n) is 4.38. The number of nitrogens with zero attached hydrogens (tertiary/aromatic N) is 2. The van der Waals surface area contributed by atoms with Gasteiger partial charge in [0.2, 0.25) is 0 Å². The first-order valence-corrected chi connectivity index (χ1v) is 7.55. The van der Waals surface area contributed by atoms with Gasteiger partial charge in [0.15, 0.2) is 0 Å². The lowest BCUT2D eigenvalue weighted by molar-refractivity contribution is -0.153. The average Bonchev–Trinajstić information content (AvgIpc) is 2.59. The van der Waals surface area contributed by atoms with Crippen LogP contribution in [-0.4, -0.2) is 48.7 Å². The molecule has 6 heteroatoms. The highest BCUT2D eigenvalue weighted by Gasteiger charge is 2.43.